The number of hydrogen-bond acceptors (Lipinski definition) is 5. The monoisotopic (exact) mass is 371 g/mol. The molecule has 134 valence electrons. The minimum Gasteiger partial charge on any atom is -0.360 e. The lowest BCUT2D eigenvalue weighted by atomic mass is 10.1. The maximum Gasteiger partial charge on any atom is 0.263 e. The highest BCUT2D eigenvalue weighted by atomic mass is 32.2. The van der Waals surface area contributed by atoms with Crippen molar-refractivity contribution in [3.8, 4) is 0 Å². The van der Waals surface area contributed by atoms with Gasteiger partial charge in [0.1, 0.15) is 5.76 Å². The average Bonchev–Trinajstić information content (AvgIpc) is 3.01. The number of nitrogens with zero attached hydrogens (tertiary/aromatic N) is 1. The van der Waals surface area contributed by atoms with Crippen molar-refractivity contribution in [1.82, 2.24) is 5.16 Å². The van der Waals surface area contributed by atoms with Gasteiger partial charge in [-0.3, -0.25) is 9.52 Å². The van der Waals surface area contributed by atoms with Gasteiger partial charge in [-0.2, -0.15) is 0 Å². The van der Waals surface area contributed by atoms with Crippen LogP contribution >= 0.6 is 0 Å². The lowest BCUT2D eigenvalue weighted by Gasteiger charge is -2.09. The lowest BCUT2D eigenvalue weighted by molar-refractivity contribution is 0.102. The summed E-state index contributed by atoms with van der Waals surface area (Å²) in [4.78, 5) is 12.3. The summed E-state index contributed by atoms with van der Waals surface area (Å²) >= 11 is 0. The Hall–Kier alpha value is -3.13. The number of hydrogen-bond donors (Lipinski definition) is 2. The standard InChI is InChI=1S/C18H17N3O4S/c1-12-5-3-4-6-16(12)19-18(22)14-7-9-15(10-8-14)26(23,24)21-17-11-13(2)25-20-17/h3-11H,1-2H3,(H,19,22)(H,20,21). The van der Waals surface area contributed by atoms with Crippen LogP contribution in [0.2, 0.25) is 0 Å². The molecule has 0 aliphatic carbocycles. The number of rotatable bonds is 5. The van der Waals surface area contributed by atoms with E-state index < -0.39 is 10.0 Å². The maximum absolute atomic E-state index is 12.3. The van der Waals surface area contributed by atoms with E-state index >= 15 is 0 Å². The molecular weight excluding hydrogens is 354 g/mol. The molecular formula is C18H17N3O4S. The van der Waals surface area contributed by atoms with Crippen molar-refractivity contribution in [3.05, 3.63) is 71.5 Å². The van der Waals surface area contributed by atoms with E-state index in [9.17, 15) is 13.2 Å². The first kappa shape index (κ1) is 17.7. The van der Waals surface area contributed by atoms with Gasteiger partial charge in [-0.1, -0.05) is 23.4 Å². The summed E-state index contributed by atoms with van der Waals surface area (Å²) in [6.07, 6.45) is 0. The van der Waals surface area contributed by atoms with Crippen molar-refractivity contribution in [2.75, 3.05) is 10.0 Å². The predicted molar refractivity (Wildman–Crippen MR) is 97.6 cm³/mol. The lowest BCUT2D eigenvalue weighted by Crippen LogP contribution is -2.15. The third kappa shape index (κ3) is 3.92. The van der Waals surface area contributed by atoms with Crippen LogP contribution in [-0.2, 0) is 10.0 Å². The normalized spacial score (nSPS) is 11.2. The minimum atomic E-state index is -3.81. The van der Waals surface area contributed by atoms with E-state index in [1.54, 1.807) is 13.0 Å². The summed E-state index contributed by atoms with van der Waals surface area (Å²) in [6, 6.07) is 14.5. The minimum absolute atomic E-state index is 0.0191. The van der Waals surface area contributed by atoms with Crippen LogP contribution < -0.4 is 10.0 Å². The highest BCUT2D eigenvalue weighted by molar-refractivity contribution is 7.92. The second kappa shape index (κ2) is 7.01. The maximum atomic E-state index is 12.3. The number of amides is 1. The van der Waals surface area contributed by atoms with Gasteiger partial charge in [0.15, 0.2) is 5.82 Å². The summed E-state index contributed by atoms with van der Waals surface area (Å²) in [7, 11) is -3.81. The Morgan fingerprint density at radius 3 is 2.35 bits per heavy atom. The highest BCUT2D eigenvalue weighted by Gasteiger charge is 2.17. The van der Waals surface area contributed by atoms with Gasteiger partial charge in [0.25, 0.3) is 15.9 Å². The van der Waals surface area contributed by atoms with Crippen LogP contribution in [0.1, 0.15) is 21.7 Å². The summed E-state index contributed by atoms with van der Waals surface area (Å²) in [6.45, 7) is 3.55. The van der Waals surface area contributed by atoms with E-state index in [1.165, 1.54) is 30.3 Å². The molecule has 0 fully saturated rings. The van der Waals surface area contributed by atoms with Crippen molar-refractivity contribution in [3.63, 3.8) is 0 Å². The Labute approximate surface area is 151 Å². The Bertz CT molecular complexity index is 1040. The number of carbonyl (C=O) groups is 1. The first-order valence-corrected chi connectivity index (χ1v) is 9.27. The molecule has 1 amide bonds. The molecule has 7 nitrogen and oxygen atoms in total. The fourth-order valence-electron chi connectivity index (χ4n) is 2.30. The molecule has 0 aliphatic rings. The molecule has 0 bridgehead atoms. The van der Waals surface area contributed by atoms with Gasteiger partial charge in [0.05, 0.1) is 4.90 Å². The number of sulfonamides is 1. The van der Waals surface area contributed by atoms with Gasteiger partial charge < -0.3 is 9.84 Å². The molecule has 0 spiro atoms. The number of carbonyl (C=O) groups excluding carboxylic acids is 1. The first-order chi connectivity index (χ1) is 12.3. The molecule has 0 saturated carbocycles. The average molecular weight is 371 g/mol. The van der Waals surface area contributed by atoms with Gasteiger partial charge in [0.2, 0.25) is 0 Å². The molecule has 2 aromatic carbocycles. The van der Waals surface area contributed by atoms with Crippen LogP contribution in [0.3, 0.4) is 0 Å². The van der Waals surface area contributed by atoms with Crippen LogP contribution in [0.5, 0.6) is 0 Å². The molecule has 0 unspecified atom stereocenters. The van der Waals surface area contributed by atoms with Gasteiger partial charge in [-0.25, -0.2) is 8.42 Å². The zero-order valence-electron chi connectivity index (χ0n) is 14.2. The smallest absolute Gasteiger partial charge is 0.263 e. The van der Waals surface area contributed by atoms with Gasteiger partial charge in [-0.05, 0) is 49.7 Å². The molecule has 0 aliphatic heterocycles. The van der Waals surface area contributed by atoms with E-state index in [2.05, 4.69) is 15.2 Å². The zero-order chi connectivity index (χ0) is 18.7. The van der Waals surface area contributed by atoms with E-state index in [0.29, 0.717) is 17.0 Å². The van der Waals surface area contributed by atoms with Crippen molar-refractivity contribution < 1.29 is 17.7 Å². The molecule has 3 rings (SSSR count). The Morgan fingerprint density at radius 2 is 1.73 bits per heavy atom. The highest BCUT2D eigenvalue weighted by Crippen LogP contribution is 2.18. The van der Waals surface area contributed by atoms with Crippen LogP contribution in [0.4, 0.5) is 11.5 Å². The number of benzene rings is 2. The molecule has 26 heavy (non-hydrogen) atoms. The second-order valence-electron chi connectivity index (χ2n) is 5.72. The number of aryl methyl sites for hydroxylation is 2. The molecule has 1 heterocycles. The second-order valence-corrected chi connectivity index (χ2v) is 7.40. The van der Waals surface area contributed by atoms with Gasteiger partial charge in [-0.15, -0.1) is 0 Å². The quantitative estimate of drug-likeness (QED) is 0.716. The summed E-state index contributed by atoms with van der Waals surface area (Å²) in [5.41, 5.74) is 1.99. The molecule has 1 aromatic heterocycles. The van der Waals surface area contributed by atoms with Crippen molar-refractivity contribution >= 4 is 27.4 Å². The topological polar surface area (TPSA) is 101 Å². The number of para-hydroxylation sites is 1. The fourth-order valence-corrected chi connectivity index (χ4v) is 3.29. The molecule has 2 N–H and O–H groups in total. The predicted octanol–water partition coefficient (Wildman–Crippen LogP) is 3.34. The summed E-state index contributed by atoms with van der Waals surface area (Å²) in [5, 5.41) is 6.40. The van der Waals surface area contributed by atoms with Gasteiger partial charge >= 0.3 is 0 Å². The summed E-state index contributed by atoms with van der Waals surface area (Å²) < 4.78 is 31.8. The largest absolute Gasteiger partial charge is 0.360 e. The molecule has 0 radical (unpaired) electrons. The molecule has 8 heteroatoms. The van der Waals surface area contributed by atoms with Crippen molar-refractivity contribution in [2.24, 2.45) is 0 Å². The third-order valence-electron chi connectivity index (χ3n) is 3.69. The number of nitrogens with one attached hydrogen (secondary N) is 2. The molecule has 0 saturated heterocycles. The van der Waals surface area contributed by atoms with E-state index in [0.717, 1.165) is 5.56 Å². The zero-order valence-corrected chi connectivity index (χ0v) is 15.0. The third-order valence-corrected chi connectivity index (χ3v) is 5.06. The van der Waals surface area contributed by atoms with Crippen molar-refractivity contribution in [2.45, 2.75) is 18.7 Å². The van der Waals surface area contributed by atoms with Gasteiger partial charge in [0, 0.05) is 17.3 Å². The molecule has 3 aromatic rings. The van der Waals surface area contributed by atoms with E-state index in [-0.39, 0.29) is 16.6 Å². The van der Waals surface area contributed by atoms with Crippen LogP contribution in [0, 0.1) is 13.8 Å². The van der Waals surface area contributed by atoms with Crippen molar-refractivity contribution in [1.29, 1.82) is 0 Å². The SMILES string of the molecule is Cc1cc(NS(=O)(=O)c2ccc(C(=O)Nc3ccccc3C)cc2)no1. The Morgan fingerprint density at radius 1 is 1.04 bits per heavy atom. The summed E-state index contributed by atoms with van der Waals surface area (Å²) in [5.74, 6) is 0.276. The fraction of sp³-hybridized carbons (Fsp3) is 0.111. The molecule has 0 atom stereocenters. The number of anilines is 2. The van der Waals surface area contributed by atoms with Crippen LogP contribution in [-0.4, -0.2) is 19.5 Å². The van der Waals surface area contributed by atoms with E-state index in [4.69, 9.17) is 4.52 Å². The number of aromatic nitrogens is 1. The first-order valence-electron chi connectivity index (χ1n) is 7.78. The van der Waals surface area contributed by atoms with E-state index in [1.807, 2.05) is 25.1 Å². The van der Waals surface area contributed by atoms with Crippen LogP contribution in [0.15, 0.2) is 64.0 Å². The Balaban J connectivity index is 1.75. The Kier molecular flexibility index (Phi) is 4.77. The van der Waals surface area contributed by atoms with Crippen LogP contribution in [0.25, 0.3) is 0 Å².